The number of nitrogens with one attached hydrogen (secondary N) is 1. The highest BCUT2D eigenvalue weighted by Gasteiger charge is 2.20. The van der Waals surface area contributed by atoms with Crippen molar-refractivity contribution >= 4 is 29.3 Å². The lowest BCUT2D eigenvalue weighted by molar-refractivity contribution is -0.115. The van der Waals surface area contributed by atoms with E-state index < -0.39 is 0 Å². The molecule has 2 aromatic carbocycles. The standard InChI is InChI=1S/C25H27FN4O2S/c1-16-14-19(25(32)29-10-12-33-13-11-29)4-9-23(16)27-24(31)15-22-17(2)28-30(18(22)3)21-7-5-20(26)6-8-21/h4-9,14H,10-13,15H2,1-3H3,(H,27,31). The molecule has 0 radical (unpaired) electrons. The van der Waals surface area contributed by atoms with Crippen LogP contribution in [-0.4, -0.2) is 51.1 Å². The largest absolute Gasteiger partial charge is 0.337 e. The first-order valence-corrected chi connectivity index (χ1v) is 12.1. The average Bonchev–Trinajstić information content (AvgIpc) is 3.09. The molecule has 0 unspecified atom stereocenters. The van der Waals surface area contributed by atoms with Crippen LogP contribution < -0.4 is 5.32 Å². The number of aromatic nitrogens is 2. The van der Waals surface area contributed by atoms with E-state index in [1.807, 2.05) is 43.5 Å². The molecule has 1 fully saturated rings. The van der Waals surface area contributed by atoms with Gasteiger partial charge in [0.15, 0.2) is 0 Å². The van der Waals surface area contributed by atoms with Gasteiger partial charge in [-0.2, -0.15) is 16.9 Å². The first-order chi connectivity index (χ1) is 15.8. The van der Waals surface area contributed by atoms with Crippen molar-refractivity contribution < 1.29 is 14.0 Å². The van der Waals surface area contributed by atoms with Crippen LogP contribution in [-0.2, 0) is 11.2 Å². The number of anilines is 1. The molecule has 1 saturated heterocycles. The minimum absolute atomic E-state index is 0.0377. The third kappa shape index (κ3) is 5.11. The van der Waals surface area contributed by atoms with Crippen LogP contribution in [0.15, 0.2) is 42.5 Å². The quantitative estimate of drug-likeness (QED) is 0.609. The van der Waals surface area contributed by atoms with Gasteiger partial charge in [-0.1, -0.05) is 0 Å². The summed E-state index contributed by atoms with van der Waals surface area (Å²) < 4.78 is 15.0. The van der Waals surface area contributed by atoms with Crippen LogP contribution in [0, 0.1) is 26.6 Å². The molecule has 4 rings (SSSR count). The highest BCUT2D eigenvalue weighted by Crippen LogP contribution is 2.22. The molecule has 0 spiro atoms. The Labute approximate surface area is 197 Å². The molecule has 1 aliphatic heterocycles. The SMILES string of the molecule is Cc1cc(C(=O)N2CCSCC2)ccc1NC(=O)Cc1c(C)nn(-c2ccc(F)cc2)c1C. The fourth-order valence-electron chi connectivity index (χ4n) is 4.01. The Kier molecular flexibility index (Phi) is 6.83. The summed E-state index contributed by atoms with van der Waals surface area (Å²) in [6.07, 6.45) is 0.171. The van der Waals surface area contributed by atoms with Crippen LogP contribution in [0.5, 0.6) is 0 Å². The van der Waals surface area contributed by atoms with Gasteiger partial charge in [0, 0.05) is 47.1 Å². The minimum Gasteiger partial charge on any atom is -0.337 e. The number of aryl methyl sites for hydroxylation is 2. The number of nitrogens with zero attached hydrogens (tertiary/aromatic N) is 3. The smallest absolute Gasteiger partial charge is 0.253 e. The summed E-state index contributed by atoms with van der Waals surface area (Å²) in [5.41, 5.74) is 5.35. The van der Waals surface area contributed by atoms with Gasteiger partial charge in [-0.25, -0.2) is 9.07 Å². The number of benzene rings is 2. The highest BCUT2D eigenvalue weighted by atomic mass is 32.2. The van der Waals surface area contributed by atoms with Crippen LogP contribution in [0.2, 0.25) is 0 Å². The number of hydrogen-bond acceptors (Lipinski definition) is 4. The Morgan fingerprint density at radius 3 is 2.42 bits per heavy atom. The number of hydrogen-bond donors (Lipinski definition) is 1. The molecule has 1 N–H and O–H groups in total. The molecule has 0 bridgehead atoms. The topological polar surface area (TPSA) is 67.2 Å². The molecule has 0 atom stereocenters. The van der Waals surface area contributed by atoms with Gasteiger partial charge in [0.1, 0.15) is 5.82 Å². The first-order valence-electron chi connectivity index (χ1n) is 10.9. The predicted molar refractivity (Wildman–Crippen MR) is 130 cm³/mol. The first kappa shape index (κ1) is 23.0. The zero-order valence-corrected chi connectivity index (χ0v) is 19.8. The highest BCUT2D eigenvalue weighted by molar-refractivity contribution is 7.99. The third-order valence-electron chi connectivity index (χ3n) is 5.90. The van der Waals surface area contributed by atoms with E-state index in [4.69, 9.17) is 0 Å². The molecule has 0 aliphatic carbocycles. The maximum atomic E-state index is 13.3. The number of thioether (sulfide) groups is 1. The fraction of sp³-hybridized carbons (Fsp3) is 0.320. The molecule has 1 aromatic heterocycles. The molecule has 0 saturated carbocycles. The molecule has 8 heteroatoms. The van der Waals surface area contributed by atoms with Crippen LogP contribution in [0.1, 0.15) is 32.9 Å². The second kappa shape index (κ2) is 9.79. The van der Waals surface area contributed by atoms with Gasteiger partial charge >= 0.3 is 0 Å². The van der Waals surface area contributed by atoms with Crippen molar-refractivity contribution in [1.82, 2.24) is 14.7 Å². The van der Waals surface area contributed by atoms with Gasteiger partial charge < -0.3 is 10.2 Å². The van der Waals surface area contributed by atoms with Crippen LogP contribution in [0.3, 0.4) is 0 Å². The van der Waals surface area contributed by atoms with Crippen molar-refractivity contribution in [2.24, 2.45) is 0 Å². The van der Waals surface area contributed by atoms with Crippen molar-refractivity contribution in [2.45, 2.75) is 27.2 Å². The normalized spacial score (nSPS) is 13.8. The van der Waals surface area contributed by atoms with Gasteiger partial charge in [-0.15, -0.1) is 0 Å². The van der Waals surface area contributed by atoms with E-state index in [1.54, 1.807) is 28.9 Å². The van der Waals surface area contributed by atoms with Crippen LogP contribution in [0.25, 0.3) is 5.69 Å². The van der Waals surface area contributed by atoms with Crippen LogP contribution >= 0.6 is 11.8 Å². The van der Waals surface area contributed by atoms with Crippen molar-refractivity contribution in [3.63, 3.8) is 0 Å². The van der Waals surface area contributed by atoms with Gasteiger partial charge in [-0.05, 0) is 68.8 Å². The molecule has 6 nitrogen and oxygen atoms in total. The Balaban J connectivity index is 1.46. The summed E-state index contributed by atoms with van der Waals surface area (Å²) >= 11 is 1.86. The van der Waals surface area contributed by atoms with E-state index in [1.165, 1.54) is 12.1 Å². The van der Waals surface area contributed by atoms with Gasteiger partial charge in [0.25, 0.3) is 5.91 Å². The summed E-state index contributed by atoms with van der Waals surface area (Å²) in [5.74, 6) is 1.51. The number of rotatable bonds is 5. The Morgan fingerprint density at radius 1 is 1.06 bits per heavy atom. The van der Waals surface area contributed by atoms with E-state index in [9.17, 15) is 14.0 Å². The van der Waals surface area contributed by atoms with E-state index >= 15 is 0 Å². The van der Waals surface area contributed by atoms with Crippen molar-refractivity contribution in [1.29, 1.82) is 0 Å². The molecular formula is C25H27FN4O2S. The fourth-order valence-corrected chi connectivity index (χ4v) is 4.91. The summed E-state index contributed by atoms with van der Waals surface area (Å²) in [5, 5.41) is 7.50. The molecule has 172 valence electrons. The van der Waals surface area contributed by atoms with Crippen molar-refractivity contribution in [2.75, 3.05) is 29.9 Å². The monoisotopic (exact) mass is 466 g/mol. The van der Waals surface area contributed by atoms with E-state index in [2.05, 4.69) is 10.4 Å². The molecule has 1 aliphatic rings. The Bertz CT molecular complexity index is 1180. The molecule has 33 heavy (non-hydrogen) atoms. The lowest BCUT2D eigenvalue weighted by atomic mass is 10.1. The zero-order valence-electron chi connectivity index (χ0n) is 19.0. The number of carbonyl (C=O) groups is 2. The van der Waals surface area contributed by atoms with Crippen molar-refractivity contribution in [3.8, 4) is 5.69 Å². The summed E-state index contributed by atoms with van der Waals surface area (Å²) in [6, 6.07) is 11.5. The number of carbonyl (C=O) groups excluding carboxylic acids is 2. The van der Waals surface area contributed by atoms with Crippen LogP contribution in [0.4, 0.5) is 10.1 Å². The Hall–Kier alpha value is -3.13. The summed E-state index contributed by atoms with van der Waals surface area (Å²) in [6.45, 7) is 7.19. The second-order valence-electron chi connectivity index (χ2n) is 8.20. The van der Waals surface area contributed by atoms with Gasteiger partial charge in [0.2, 0.25) is 5.91 Å². The third-order valence-corrected chi connectivity index (χ3v) is 6.84. The second-order valence-corrected chi connectivity index (χ2v) is 9.42. The lowest BCUT2D eigenvalue weighted by Gasteiger charge is -2.26. The molecule has 2 amide bonds. The number of halogens is 1. The maximum Gasteiger partial charge on any atom is 0.253 e. The maximum absolute atomic E-state index is 13.3. The Morgan fingerprint density at radius 2 is 1.76 bits per heavy atom. The lowest BCUT2D eigenvalue weighted by Crippen LogP contribution is -2.37. The minimum atomic E-state index is -0.307. The molecular weight excluding hydrogens is 439 g/mol. The summed E-state index contributed by atoms with van der Waals surface area (Å²) in [4.78, 5) is 27.4. The van der Waals surface area contributed by atoms with E-state index in [-0.39, 0.29) is 24.1 Å². The van der Waals surface area contributed by atoms with Gasteiger partial charge in [0.05, 0.1) is 17.8 Å². The molecule has 2 heterocycles. The van der Waals surface area contributed by atoms with E-state index in [0.29, 0.717) is 11.3 Å². The average molecular weight is 467 g/mol. The van der Waals surface area contributed by atoms with Gasteiger partial charge in [-0.3, -0.25) is 9.59 Å². The van der Waals surface area contributed by atoms with E-state index in [0.717, 1.165) is 52.8 Å². The zero-order chi connectivity index (χ0) is 23.5. The van der Waals surface area contributed by atoms with Crippen molar-refractivity contribution in [3.05, 3.63) is 76.4 Å². The molecule has 3 aromatic rings. The summed E-state index contributed by atoms with van der Waals surface area (Å²) in [7, 11) is 0. The predicted octanol–water partition coefficient (Wildman–Crippen LogP) is 4.31. The number of amides is 2.